The minimum absolute atomic E-state index is 0.594. The highest BCUT2D eigenvalue weighted by atomic mass is 79.9. The third-order valence-electron chi connectivity index (χ3n) is 2.87. The Balaban J connectivity index is 2.02. The molecule has 94 valence electrons. The van der Waals surface area contributed by atoms with Crippen LogP contribution in [0.3, 0.4) is 0 Å². The van der Waals surface area contributed by atoms with E-state index in [4.69, 9.17) is 5.73 Å². The SMILES string of the molecule is Cc1ccc(NCc2ccc(CN)cc2)c(Br)c1. The summed E-state index contributed by atoms with van der Waals surface area (Å²) in [6.45, 7) is 3.49. The van der Waals surface area contributed by atoms with Crippen LogP contribution in [-0.4, -0.2) is 0 Å². The maximum atomic E-state index is 5.58. The fourth-order valence-corrected chi connectivity index (χ4v) is 2.39. The van der Waals surface area contributed by atoms with E-state index >= 15 is 0 Å². The van der Waals surface area contributed by atoms with Gasteiger partial charge in [0.2, 0.25) is 0 Å². The number of anilines is 1. The first-order valence-electron chi connectivity index (χ1n) is 5.97. The predicted octanol–water partition coefficient (Wildman–Crippen LogP) is 3.83. The third-order valence-corrected chi connectivity index (χ3v) is 3.52. The topological polar surface area (TPSA) is 38.0 Å². The monoisotopic (exact) mass is 304 g/mol. The maximum Gasteiger partial charge on any atom is 0.0487 e. The van der Waals surface area contributed by atoms with Gasteiger partial charge < -0.3 is 11.1 Å². The molecular formula is C15H17BrN2. The Morgan fingerprint density at radius 1 is 1.06 bits per heavy atom. The molecule has 0 fully saturated rings. The van der Waals surface area contributed by atoms with Crippen molar-refractivity contribution < 1.29 is 0 Å². The van der Waals surface area contributed by atoms with Gasteiger partial charge in [-0.05, 0) is 51.7 Å². The summed E-state index contributed by atoms with van der Waals surface area (Å²) >= 11 is 3.56. The summed E-state index contributed by atoms with van der Waals surface area (Å²) in [7, 11) is 0. The smallest absolute Gasteiger partial charge is 0.0487 e. The lowest BCUT2D eigenvalue weighted by atomic mass is 10.1. The van der Waals surface area contributed by atoms with E-state index in [1.807, 2.05) is 0 Å². The van der Waals surface area contributed by atoms with E-state index in [2.05, 4.69) is 70.6 Å². The second kappa shape index (κ2) is 6.03. The molecule has 0 spiro atoms. The Morgan fingerprint density at radius 2 is 1.72 bits per heavy atom. The number of aryl methyl sites for hydroxylation is 1. The van der Waals surface area contributed by atoms with E-state index in [1.165, 1.54) is 11.1 Å². The highest BCUT2D eigenvalue weighted by Gasteiger charge is 2.00. The molecule has 0 atom stereocenters. The van der Waals surface area contributed by atoms with E-state index in [-0.39, 0.29) is 0 Å². The summed E-state index contributed by atoms with van der Waals surface area (Å²) < 4.78 is 1.10. The quantitative estimate of drug-likeness (QED) is 0.901. The van der Waals surface area contributed by atoms with Crippen LogP contribution in [0.25, 0.3) is 0 Å². The van der Waals surface area contributed by atoms with Crippen molar-refractivity contribution in [2.24, 2.45) is 5.73 Å². The first-order valence-corrected chi connectivity index (χ1v) is 6.76. The predicted molar refractivity (Wildman–Crippen MR) is 80.5 cm³/mol. The van der Waals surface area contributed by atoms with E-state index < -0.39 is 0 Å². The molecule has 0 amide bonds. The van der Waals surface area contributed by atoms with Crippen LogP contribution in [0.1, 0.15) is 16.7 Å². The van der Waals surface area contributed by atoms with Gasteiger partial charge in [-0.3, -0.25) is 0 Å². The number of rotatable bonds is 4. The van der Waals surface area contributed by atoms with Crippen LogP contribution in [0.2, 0.25) is 0 Å². The van der Waals surface area contributed by atoms with Crippen molar-refractivity contribution in [3.05, 3.63) is 63.6 Å². The zero-order valence-electron chi connectivity index (χ0n) is 10.4. The molecule has 0 saturated heterocycles. The van der Waals surface area contributed by atoms with Gasteiger partial charge in [0, 0.05) is 23.2 Å². The van der Waals surface area contributed by atoms with Crippen molar-refractivity contribution in [3.8, 4) is 0 Å². The van der Waals surface area contributed by atoms with Crippen molar-refractivity contribution in [1.82, 2.24) is 0 Å². The van der Waals surface area contributed by atoms with Gasteiger partial charge in [-0.15, -0.1) is 0 Å². The fraction of sp³-hybridized carbons (Fsp3) is 0.200. The summed E-state index contributed by atoms with van der Waals surface area (Å²) in [6, 6.07) is 14.7. The zero-order valence-corrected chi connectivity index (χ0v) is 12.0. The van der Waals surface area contributed by atoms with Crippen LogP contribution in [-0.2, 0) is 13.1 Å². The van der Waals surface area contributed by atoms with Crippen molar-refractivity contribution in [3.63, 3.8) is 0 Å². The first kappa shape index (κ1) is 13.1. The third kappa shape index (κ3) is 3.34. The van der Waals surface area contributed by atoms with Crippen LogP contribution in [0.5, 0.6) is 0 Å². The number of halogens is 1. The summed E-state index contributed by atoms with van der Waals surface area (Å²) in [6.07, 6.45) is 0. The van der Waals surface area contributed by atoms with Gasteiger partial charge >= 0.3 is 0 Å². The lowest BCUT2D eigenvalue weighted by molar-refractivity contribution is 1.06. The van der Waals surface area contributed by atoms with Gasteiger partial charge in [-0.1, -0.05) is 30.3 Å². The molecule has 3 heteroatoms. The summed E-state index contributed by atoms with van der Waals surface area (Å²) in [5.41, 5.74) is 10.4. The molecule has 0 aliphatic rings. The molecule has 2 rings (SSSR count). The molecule has 0 radical (unpaired) electrons. The number of hydrogen-bond donors (Lipinski definition) is 2. The Labute approximate surface area is 116 Å². The summed E-state index contributed by atoms with van der Waals surface area (Å²) in [4.78, 5) is 0. The molecule has 0 aliphatic carbocycles. The fourth-order valence-electron chi connectivity index (χ4n) is 1.75. The van der Waals surface area contributed by atoms with Crippen LogP contribution in [0, 0.1) is 6.92 Å². The molecule has 0 saturated carbocycles. The molecule has 0 bridgehead atoms. The van der Waals surface area contributed by atoms with Gasteiger partial charge in [0.25, 0.3) is 0 Å². The summed E-state index contributed by atoms with van der Waals surface area (Å²) in [5, 5.41) is 3.42. The van der Waals surface area contributed by atoms with E-state index in [0.717, 1.165) is 22.3 Å². The highest BCUT2D eigenvalue weighted by Crippen LogP contribution is 2.23. The van der Waals surface area contributed by atoms with Gasteiger partial charge in [0.05, 0.1) is 0 Å². The largest absolute Gasteiger partial charge is 0.380 e. The van der Waals surface area contributed by atoms with Crippen LogP contribution < -0.4 is 11.1 Å². The van der Waals surface area contributed by atoms with Crippen molar-refractivity contribution in [2.75, 3.05) is 5.32 Å². The molecule has 0 heterocycles. The second-order valence-electron chi connectivity index (χ2n) is 4.36. The van der Waals surface area contributed by atoms with Gasteiger partial charge in [-0.25, -0.2) is 0 Å². The minimum atomic E-state index is 0.594. The molecule has 18 heavy (non-hydrogen) atoms. The van der Waals surface area contributed by atoms with Crippen LogP contribution >= 0.6 is 15.9 Å². The molecule has 0 aromatic heterocycles. The number of benzene rings is 2. The maximum absolute atomic E-state index is 5.58. The normalized spacial score (nSPS) is 10.4. The van der Waals surface area contributed by atoms with Crippen LogP contribution in [0.4, 0.5) is 5.69 Å². The van der Waals surface area contributed by atoms with E-state index in [1.54, 1.807) is 0 Å². The second-order valence-corrected chi connectivity index (χ2v) is 5.21. The Hall–Kier alpha value is -1.32. The van der Waals surface area contributed by atoms with E-state index in [9.17, 15) is 0 Å². The first-order chi connectivity index (χ1) is 8.69. The molecule has 2 aromatic rings. The molecule has 2 aromatic carbocycles. The average molecular weight is 305 g/mol. The Kier molecular flexibility index (Phi) is 4.39. The van der Waals surface area contributed by atoms with Gasteiger partial charge in [0.1, 0.15) is 0 Å². The zero-order chi connectivity index (χ0) is 13.0. The van der Waals surface area contributed by atoms with Crippen molar-refractivity contribution >= 4 is 21.6 Å². The number of hydrogen-bond acceptors (Lipinski definition) is 2. The number of nitrogens with two attached hydrogens (primary N) is 1. The van der Waals surface area contributed by atoms with E-state index in [0.29, 0.717) is 6.54 Å². The average Bonchev–Trinajstić information content (AvgIpc) is 2.38. The minimum Gasteiger partial charge on any atom is -0.380 e. The molecule has 2 nitrogen and oxygen atoms in total. The Bertz CT molecular complexity index is 521. The lowest BCUT2D eigenvalue weighted by Gasteiger charge is -2.09. The Morgan fingerprint density at radius 3 is 2.33 bits per heavy atom. The molecule has 3 N–H and O–H groups in total. The molecular weight excluding hydrogens is 288 g/mol. The summed E-state index contributed by atoms with van der Waals surface area (Å²) in [5.74, 6) is 0. The van der Waals surface area contributed by atoms with Crippen molar-refractivity contribution in [1.29, 1.82) is 0 Å². The van der Waals surface area contributed by atoms with Crippen LogP contribution in [0.15, 0.2) is 46.9 Å². The van der Waals surface area contributed by atoms with Gasteiger partial charge in [-0.2, -0.15) is 0 Å². The molecule has 0 aliphatic heterocycles. The molecule has 0 unspecified atom stereocenters. The van der Waals surface area contributed by atoms with Crippen molar-refractivity contribution in [2.45, 2.75) is 20.0 Å². The highest BCUT2D eigenvalue weighted by molar-refractivity contribution is 9.10. The standard InChI is InChI=1S/C15H17BrN2/c1-11-2-7-15(14(16)8-11)18-10-13-5-3-12(9-17)4-6-13/h2-8,18H,9-10,17H2,1H3. The lowest BCUT2D eigenvalue weighted by Crippen LogP contribution is -2.01. The number of nitrogens with one attached hydrogen (secondary N) is 1. The van der Waals surface area contributed by atoms with Gasteiger partial charge in [0.15, 0.2) is 0 Å².